The molecule has 1 aliphatic carbocycles. The van der Waals surface area contributed by atoms with Crippen LogP contribution in [0.15, 0.2) is 35.5 Å². The number of aliphatic imine (C=N–C) groups is 1. The van der Waals surface area contributed by atoms with Gasteiger partial charge in [-0.05, 0) is 75.4 Å². The lowest BCUT2D eigenvalue weighted by atomic mass is 9.81. The lowest BCUT2D eigenvalue weighted by Gasteiger charge is -2.27. The summed E-state index contributed by atoms with van der Waals surface area (Å²) in [5, 5.41) is 12.5. The number of nitrogens with one attached hydrogen (secondary N) is 1. The quantitative estimate of drug-likeness (QED) is 0.299. The van der Waals surface area contributed by atoms with Crippen molar-refractivity contribution in [1.82, 2.24) is 10.3 Å². The smallest absolute Gasteiger partial charge is 0.172 e. The molecule has 0 bridgehead atoms. The number of rotatable bonds is 10. The maximum Gasteiger partial charge on any atom is 0.172 e. The van der Waals surface area contributed by atoms with Gasteiger partial charge in [0, 0.05) is 31.2 Å². The summed E-state index contributed by atoms with van der Waals surface area (Å²) >= 11 is 5.87. The Morgan fingerprint density at radius 1 is 1.22 bits per heavy atom. The van der Waals surface area contributed by atoms with Crippen molar-refractivity contribution in [1.29, 1.82) is 0 Å². The monoisotopic (exact) mass is 537 g/mol. The Morgan fingerprint density at radius 3 is 2.43 bits per heavy atom. The first-order valence-electron chi connectivity index (χ1n) is 12.6. The summed E-state index contributed by atoms with van der Waals surface area (Å²) in [6, 6.07) is 6.32. The Kier molecular flexibility index (Phi) is 17.4. The van der Waals surface area contributed by atoms with Crippen LogP contribution in [-0.4, -0.2) is 63.6 Å². The third-order valence-corrected chi connectivity index (χ3v) is 6.34. The molecule has 7 nitrogen and oxygen atoms in total. The first-order chi connectivity index (χ1) is 17.9. The molecule has 206 valence electrons. The number of hydrogen-bond donors (Lipinski definition) is 2. The van der Waals surface area contributed by atoms with E-state index in [1.807, 2.05) is 14.0 Å². The Morgan fingerprint density at radius 2 is 1.92 bits per heavy atom. The summed E-state index contributed by atoms with van der Waals surface area (Å²) in [4.78, 5) is 18.5. The molecule has 0 atom stereocenters. The van der Waals surface area contributed by atoms with Gasteiger partial charge in [0.15, 0.2) is 11.6 Å². The van der Waals surface area contributed by atoms with Crippen LogP contribution in [0.4, 0.5) is 10.1 Å². The Bertz CT molecular complexity index is 924. The van der Waals surface area contributed by atoms with Crippen LogP contribution in [0.2, 0.25) is 5.02 Å². The molecule has 0 spiro atoms. The molecule has 0 unspecified atom stereocenters. The number of aldehydes is 1. The maximum atomic E-state index is 12.9. The van der Waals surface area contributed by atoms with E-state index in [2.05, 4.69) is 15.3 Å². The van der Waals surface area contributed by atoms with Gasteiger partial charge in [-0.3, -0.25) is 14.8 Å². The minimum atomic E-state index is -0.348. The molecule has 2 N–H and O–H groups in total. The van der Waals surface area contributed by atoms with Crippen LogP contribution in [0.25, 0.3) is 0 Å². The van der Waals surface area contributed by atoms with Crippen molar-refractivity contribution in [3.05, 3.63) is 52.6 Å². The van der Waals surface area contributed by atoms with Crippen molar-refractivity contribution >= 4 is 29.8 Å². The number of pyridine rings is 1. The molecule has 1 aromatic heterocycles. The first-order valence-corrected chi connectivity index (χ1v) is 13.0. The van der Waals surface area contributed by atoms with Crippen molar-refractivity contribution < 1.29 is 23.8 Å². The maximum absolute atomic E-state index is 12.9. The standard InChI is InChI=1S/C10H10ClNO2.C10H21NO.C8H10FNO/c1-14-5-4-12-10-3-2-8(7-13)6-9(10)11;1-11-8-10-4-2-9(3-5-10)6-7-12;1-3-6-4-7(9)8(11-2)5-10-6/h2-4,6-7H,5H2,1H3;9-12H,2-8H2,1H3;4-5H,3H2,1-2H3. The number of aromatic nitrogens is 1. The van der Waals surface area contributed by atoms with Crippen LogP contribution in [0, 0.1) is 17.7 Å². The fraction of sp³-hybridized carbons (Fsp3) is 0.536. The fourth-order valence-electron chi connectivity index (χ4n) is 3.91. The van der Waals surface area contributed by atoms with Crippen LogP contribution >= 0.6 is 11.6 Å². The second kappa shape index (κ2) is 19.7. The Labute approximate surface area is 225 Å². The van der Waals surface area contributed by atoms with Crippen molar-refractivity contribution in [3.8, 4) is 5.75 Å². The number of hydrogen-bond acceptors (Lipinski definition) is 7. The molecular weight excluding hydrogens is 497 g/mol. The van der Waals surface area contributed by atoms with Crippen LogP contribution in [0.5, 0.6) is 5.75 Å². The van der Waals surface area contributed by atoms with Gasteiger partial charge in [0.2, 0.25) is 0 Å². The van der Waals surface area contributed by atoms with Gasteiger partial charge in [0.05, 0.1) is 30.6 Å². The summed E-state index contributed by atoms with van der Waals surface area (Å²) in [5.41, 5.74) is 1.92. The van der Waals surface area contributed by atoms with Gasteiger partial charge in [-0.1, -0.05) is 31.4 Å². The molecular formula is C28H41ClFN3O4. The molecule has 1 heterocycles. The van der Waals surface area contributed by atoms with E-state index >= 15 is 0 Å². The molecule has 0 radical (unpaired) electrons. The summed E-state index contributed by atoms with van der Waals surface area (Å²) in [6.45, 7) is 3.91. The van der Waals surface area contributed by atoms with Crippen LogP contribution < -0.4 is 10.1 Å². The predicted octanol–water partition coefficient (Wildman–Crippen LogP) is 5.69. The molecule has 9 heteroatoms. The van der Waals surface area contributed by atoms with E-state index in [0.717, 1.165) is 36.7 Å². The van der Waals surface area contributed by atoms with Gasteiger partial charge in [0.25, 0.3) is 0 Å². The van der Waals surface area contributed by atoms with Gasteiger partial charge in [-0.2, -0.15) is 0 Å². The zero-order chi connectivity index (χ0) is 27.5. The molecule has 3 rings (SSSR count). The van der Waals surface area contributed by atoms with E-state index in [4.69, 9.17) is 26.2 Å². The molecule has 1 aliphatic rings. The van der Waals surface area contributed by atoms with Crippen LogP contribution in [-0.2, 0) is 11.2 Å². The number of aliphatic hydroxyl groups is 1. The zero-order valence-corrected chi connectivity index (χ0v) is 23.1. The number of carbonyl (C=O) groups excluding carboxylic acids is 1. The minimum Gasteiger partial charge on any atom is -0.492 e. The highest BCUT2D eigenvalue weighted by molar-refractivity contribution is 6.33. The molecule has 0 amide bonds. The summed E-state index contributed by atoms with van der Waals surface area (Å²) in [5.74, 6) is 1.55. The molecule has 1 fully saturated rings. The van der Waals surface area contributed by atoms with Crippen LogP contribution in [0.1, 0.15) is 55.1 Å². The van der Waals surface area contributed by atoms with Gasteiger partial charge in [-0.25, -0.2) is 4.39 Å². The molecule has 0 saturated heterocycles. The fourth-order valence-corrected chi connectivity index (χ4v) is 4.15. The average Bonchev–Trinajstić information content (AvgIpc) is 2.92. The highest BCUT2D eigenvalue weighted by Crippen LogP contribution is 2.30. The summed E-state index contributed by atoms with van der Waals surface area (Å²) in [7, 11) is 5.04. The summed E-state index contributed by atoms with van der Waals surface area (Å²) in [6.07, 6.45) is 10.9. The predicted molar refractivity (Wildman–Crippen MR) is 148 cm³/mol. The van der Waals surface area contributed by atoms with Gasteiger partial charge in [0.1, 0.15) is 6.29 Å². The molecule has 1 aromatic carbocycles. The third kappa shape index (κ3) is 13.1. The van der Waals surface area contributed by atoms with Gasteiger partial charge >= 0.3 is 0 Å². The lowest BCUT2D eigenvalue weighted by molar-refractivity contribution is 0.112. The number of aryl methyl sites for hydroxylation is 1. The topological polar surface area (TPSA) is 93.0 Å². The Hall–Kier alpha value is -2.39. The van der Waals surface area contributed by atoms with E-state index in [-0.39, 0.29) is 11.6 Å². The first kappa shape index (κ1) is 32.6. The second-order valence-electron chi connectivity index (χ2n) is 8.72. The number of ether oxygens (including phenoxy) is 2. The van der Waals surface area contributed by atoms with E-state index < -0.39 is 0 Å². The van der Waals surface area contributed by atoms with Crippen molar-refractivity contribution in [2.45, 2.75) is 45.4 Å². The van der Waals surface area contributed by atoms with E-state index in [9.17, 15) is 9.18 Å². The SMILES string of the molecule is CCc1cc(F)c(OC)cn1.CNCC1CCC(CCO)CC1.COCC=Nc1ccc(C=O)cc1Cl. The number of nitrogens with zero attached hydrogens (tertiary/aromatic N) is 2. The number of methoxy groups -OCH3 is 2. The summed E-state index contributed by atoms with van der Waals surface area (Å²) < 4.78 is 22.4. The van der Waals surface area contributed by atoms with E-state index in [1.165, 1.54) is 51.6 Å². The third-order valence-electron chi connectivity index (χ3n) is 6.03. The second-order valence-corrected chi connectivity index (χ2v) is 9.12. The highest BCUT2D eigenvalue weighted by Gasteiger charge is 2.19. The normalized spacial score (nSPS) is 16.8. The molecule has 37 heavy (non-hydrogen) atoms. The number of carbonyl (C=O) groups is 1. The largest absolute Gasteiger partial charge is 0.492 e. The zero-order valence-electron chi connectivity index (χ0n) is 22.4. The van der Waals surface area contributed by atoms with Crippen LogP contribution in [0.3, 0.4) is 0 Å². The Balaban J connectivity index is 0.000000280. The minimum absolute atomic E-state index is 0.196. The lowest BCUT2D eigenvalue weighted by Crippen LogP contribution is -2.24. The number of benzene rings is 1. The van der Waals surface area contributed by atoms with Crippen molar-refractivity contribution in [3.63, 3.8) is 0 Å². The van der Waals surface area contributed by atoms with Gasteiger partial charge < -0.3 is 19.9 Å². The average molecular weight is 538 g/mol. The molecule has 0 aliphatic heterocycles. The van der Waals surface area contributed by atoms with Crippen molar-refractivity contribution in [2.75, 3.05) is 41.0 Å². The molecule has 2 aromatic rings. The molecule has 1 saturated carbocycles. The van der Waals surface area contributed by atoms with Gasteiger partial charge in [-0.15, -0.1) is 0 Å². The van der Waals surface area contributed by atoms with E-state index in [1.54, 1.807) is 31.5 Å². The van der Waals surface area contributed by atoms with Crippen molar-refractivity contribution in [2.24, 2.45) is 16.8 Å². The number of aliphatic hydroxyl groups excluding tert-OH is 1. The number of halogens is 2. The van der Waals surface area contributed by atoms with E-state index in [0.29, 0.717) is 29.5 Å². The highest BCUT2D eigenvalue weighted by atomic mass is 35.5.